The van der Waals surface area contributed by atoms with Crippen LogP contribution in [0.4, 0.5) is 0 Å². The molecule has 1 heterocycles. The van der Waals surface area contributed by atoms with E-state index in [1.807, 2.05) is 0 Å². The van der Waals surface area contributed by atoms with Crippen LogP contribution in [0, 0.1) is 23.2 Å². The number of nitriles is 1. The molecule has 4 aliphatic carbocycles. The van der Waals surface area contributed by atoms with E-state index >= 15 is 0 Å². The lowest BCUT2D eigenvalue weighted by Crippen LogP contribution is -2.64. The Kier molecular flexibility index (Phi) is 3.47. The van der Waals surface area contributed by atoms with Gasteiger partial charge in [0.2, 0.25) is 5.91 Å². The molecule has 0 aromatic carbocycles. The van der Waals surface area contributed by atoms with Gasteiger partial charge in [0.15, 0.2) is 0 Å². The summed E-state index contributed by atoms with van der Waals surface area (Å²) in [5, 5.41) is 12.8. The van der Waals surface area contributed by atoms with Gasteiger partial charge >= 0.3 is 0 Å². The van der Waals surface area contributed by atoms with Crippen LogP contribution in [-0.4, -0.2) is 40.2 Å². The van der Waals surface area contributed by atoms with Gasteiger partial charge in [-0.2, -0.15) is 17.9 Å². The summed E-state index contributed by atoms with van der Waals surface area (Å²) in [6.45, 7) is 1.13. The van der Waals surface area contributed by atoms with Gasteiger partial charge < -0.3 is 10.2 Å². The van der Waals surface area contributed by atoms with Crippen molar-refractivity contribution in [3.05, 3.63) is 0 Å². The van der Waals surface area contributed by atoms with Crippen molar-refractivity contribution in [2.45, 2.75) is 67.7 Å². The van der Waals surface area contributed by atoms with Gasteiger partial charge in [-0.05, 0) is 63.2 Å². The minimum absolute atomic E-state index is 0.105. The summed E-state index contributed by atoms with van der Waals surface area (Å²) in [6.07, 6.45) is 9.18. The van der Waals surface area contributed by atoms with Crippen LogP contribution in [0.25, 0.3) is 0 Å². The Morgan fingerprint density at radius 1 is 1.32 bits per heavy atom. The minimum Gasteiger partial charge on any atom is -0.326 e. The molecule has 4 bridgehead atoms. The van der Waals surface area contributed by atoms with Gasteiger partial charge in [-0.3, -0.25) is 4.79 Å². The number of carbonyl (C=O) groups is 1. The standard InChI is InChI=1S/C17H25N3OS/c18-9-14-2-1-3-20(14)15(21)10-19-16-5-12-4-13(6-16)8-17(22,7-12)11-16/h12-14,19,22H,1-8,10-11H2. The summed E-state index contributed by atoms with van der Waals surface area (Å²) in [5.41, 5.74) is 0.128. The highest BCUT2D eigenvalue weighted by Gasteiger charge is 2.56. The largest absolute Gasteiger partial charge is 0.326 e. The Morgan fingerprint density at radius 2 is 2.05 bits per heavy atom. The van der Waals surface area contributed by atoms with E-state index in [1.54, 1.807) is 4.90 Å². The fraction of sp³-hybridized carbons (Fsp3) is 0.882. The summed E-state index contributed by atoms with van der Waals surface area (Å²) in [7, 11) is 0. The molecule has 4 nitrogen and oxygen atoms in total. The van der Waals surface area contributed by atoms with Crippen LogP contribution in [0.15, 0.2) is 0 Å². The number of likely N-dealkylation sites (tertiary alicyclic amines) is 1. The molecule has 120 valence electrons. The molecular formula is C17H25N3OS. The van der Waals surface area contributed by atoms with Crippen molar-refractivity contribution in [2.75, 3.05) is 13.1 Å². The summed E-state index contributed by atoms with van der Waals surface area (Å²) < 4.78 is 0.197. The predicted octanol–water partition coefficient (Wildman–Crippen LogP) is 2.11. The molecule has 22 heavy (non-hydrogen) atoms. The first kappa shape index (κ1) is 14.8. The number of carbonyl (C=O) groups excluding carboxylic acids is 1. The molecule has 5 rings (SSSR count). The zero-order valence-electron chi connectivity index (χ0n) is 13.1. The normalized spacial score (nSPS) is 46.0. The SMILES string of the molecule is N#CC1CCCN1C(=O)CNC12CC3CC(CC(S)(C3)C1)C2. The third-order valence-electron chi connectivity index (χ3n) is 6.37. The van der Waals surface area contributed by atoms with Gasteiger partial charge in [-0.15, -0.1) is 0 Å². The number of rotatable bonds is 3. The van der Waals surface area contributed by atoms with E-state index < -0.39 is 0 Å². The smallest absolute Gasteiger partial charge is 0.237 e. The van der Waals surface area contributed by atoms with Crippen molar-refractivity contribution in [3.63, 3.8) is 0 Å². The Morgan fingerprint density at radius 3 is 2.68 bits per heavy atom. The number of nitrogens with one attached hydrogen (secondary N) is 1. The molecule has 0 spiro atoms. The second-order valence-electron chi connectivity index (χ2n) is 8.19. The maximum atomic E-state index is 12.5. The molecule has 0 aromatic rings. The lowest BCUT2D eigenvalue weighted by molar-refractivity contribution is -0.131. The third kappa shape index (κ3) is 2.45. The van der Waals surface area contributed by atoms with Crippen LogP contribution in [0.2, 0.25) is 0 Å². The first-order chi connectivity index (χ1) is 10.5. The number of nitrogens with zero attached hydrogens (tertiary/aromatic N) is 2. The van der Waals surface area contributed by atoms with Crippen LogP contribution in [-0.2, 0) is 4.79 Å². The second kappa shape index (κ2) is 5.14. The van der Waals surface area contributed by atoms with Crippen LogP contribution < -0.4 is 5.32 Å². The monoisotopic (exact) mass is 319 g/mol. The Bertz CT molecular complexity index is 514. The molecule has 1 aliphatic heterocycles. The minimum atomic E-state index is -0.207. The average Bonchev–Trinajstić information content (AvgIpc) is 2.90. The van der Waals surface area contributed by atoms with E-state index in [9.17, 15) is 4.79 Å². The van der Waals surface area contributed by atoms with Crippen LogP contribution in [0.5, 0.6) is 0 Å². The maximum absolute atomic E-state index is 12.5. The van der Waals surface area contributed by atoms with Gasteiger partial charge in [-0.1, -0.05) is 0 Å². The van der Waals surface area contributed by atoms with E-state index in [0.29, 0.717) is 6.54 Å². The average molecular weight is 319 g/mol. The highest BCUT2D eigenvalue weighted by atomic mass is 32.1. The predicted molar refractivity (Wildman–Crippen MR) is 87.5 cm³/mol. The van der Waals surface area contributed by atoms with Gasteiger partial charge in [0.25, 0.3) is 0 Å². The Labute approximate surface area is 138 Å². The van der Waals surface area contributed by atoms with Crippen molar-refractivity contribution in [1.29, 1.82) is 5.26 Å². The van der Waals surface area contributed by atoms with Gasteiger partial charge in [0.05, 0.1) is 12.6 Å². The van der Waals surface area contributed by atoms with E-state index in [2.05, 4.69) is 11.4 Å². The molecule has 5 heteroatoms. The number of hydrogen-bond acceptors (Lipinski definition) is 4. The van der Waals surface area contributed by atoms with Gasteiger partial charge in [0.1, 0.15) is 6.04 Å². The zero-order chi connectivity index (χ0) is 15.4. The Balaban J connectivity index is 1.41. The second-order valence-corrected chi connectivity index (χ2v) is 9.14. The van der Waals surface area contributed by atoms with Gasteiger partial charge in [0, 0.05) is 16.8 Å². The first-order valence-corrected chi connectivity index (χ1v) is 9.12. The molecule has 3 unspecified atom stereocenters. The fourth-order valence-electron chi connectivity index (χ4n) is 5.99. The van der Waals surface area contributed by atoms with Gasteiger partial charge in [-0.25, -0.2) is 0 Å². The summed E-state index contributed by atoms with van der Waals surface area (Å²) in [6, 6.07) is 2.05. The van der Waals surface area contributed by atoms with Crippen LogP contribution in [0.1, 0.15) is 51.4 Å². The van der Waals surface area contributed by atoms with Crippen molar-refractivity contribution < 1.29 is 4.79 Å². The third-order valence-corrected chi connectivity index (χ3v) is 6.89. The van der Waals surface area contributed by atoms with E-state index in [-0.39, 0.29) is 22.2 Å². The van der Waals surface area contributed by atoms with Crippen LogP contribution >= 0.6 is 12.6 Å². The fourth-order valence-corrected chi connectivity index (χ4v) is 6.80. The molecule has 1 amide bonds. The molecule has 1 N–H and O–H groups in total. The summed E-state index contributed by atoms with van der Waals surface area (Å²) >= 11 is 4.99. The number of thiol groups is 1. The summed E-state index contributed by atoms with van der Waals surface area (Å²) in [5.74, 6) is 1.69. The molecule has 5 fully saturated rings. The molecule has 0 aromatic heterocycles. The molecule has 1 saturated heterocycles. The zero-order valence-corrected chi connectivity index (χ0v) is 13.9. The maximum Gasteiger partial charge on any atom is 0.237 e. The number of amides is 1. The van der Waals surface area contributed by atoms with Crippen molar-refractivity contribution >= 4 is 18.5 Å². The van der Waals surface area contributed by atoms with E-state index in [0.717, 1.165) is 37.6 Å². The summed E-state index contributed by atoms with van der Waals surface area (Å²) in [4.78, 5) is 14.2. The highest BCUT2D eigenvalue weighted by molar-refractivity contribution is 7.81. The van der Waals surface area contributed by atoms with Crippen molar-refractivity contribution in [3.8, 4) is 6.07 Å². The molecule has 4 saturated carbocycles. The quantitative estimate of drug-likeness (QED) is 0.784. The Hall–Kier alpha value is -0.730. The highest BCUT2D eigenvalue weighted by Crippen LogP contribution is 2.59. The van der Waals surface area contributed by atoms with Crippen molar-refractivity contribution in [2.24, 2.45) is 11.8 Å². The molecule has 0 radical (unpaired) electrons. The molecular weight excluding hydrogens is 294 g/mol. The van der Waals surface area contributed by atoms with E-state index in [4.69, 9.17) is 17.9 Å². The number of hydrogen-bond donors (Lipinski definition) is 2. The first-order valence-electron chi connectivity index (χ1n) is 8.67. The molecule has 3 atom stereocenters. The van der Waals surface area contributed by atoms with Crippen LogP contribution in [0.3, 0.4) is 0 Å². The van der Waals surface area contributed by atoms with E-state index in [1.165, 1.54) is 32.1 Å². The molecule has 5 aliphatic rings. The lowest BCUT2D eigenvalue weighted by atomic mass is 9.52. The van der Waals surface area contributed by atoms with Crippen molar-refractivity contribution in [1.82, 2.24) is 10.2 Å². The lowest BCUT2D eigenvalue weighted by Gasteiger charge is -2.61. The topological polar surface area (TPSA) is 56.1 Å².